The van der Waals surface area contributed by atoms with Crippen LogP contribution in [0.3, 0.4) is 0 Å². The van der Waals surface area contributed by atoms with E-state index in [0.717, 1.165) is 18.7 Å². The smallest absolute Gasteiger partial charge is 0.0637 e. The molecule has 0 aliphatic carbocycles. The third-order valence-corrected chi connectivity index (χ3v) is 2.91. The van der Waals surface area contributed by atoms with Gasteiger partial charge in [0.15, 0.2) is 0 Å². The Balaban J connectivity index is 0.00000196. The molecule has 1 aromatic carbocycles. The second kappa shape index (κ2) is 8.23. The minimum absolute atomic E-state index is 0. The van der Waals surface area contributed by atoms with Gasteiger partial charge in [0, 0.05) is 6.54 Å². The van der Waals surface area contributed by atoms with E-state index in [1.807, 2.05) is 12.1 Å². The predicted octanol–water partition coefficient (Wildman–Crippen LogP) is 4.30. The lowest BCUT2D eigenvalue weighted by atomic mass is 10.2. The van der Waals surface area contributed by atoms with Crippen molar-refractivity contribution in [3.05, 3.63) is 33.8 Å². The van der Waals surface area contributed by atoms with E-state index in [1.165, 1.54) is 12.8 Å². The van der Waals surface area contributed by atoms with Crippen LogP contribution in [0, 0.1) is 0 Å². The van der Waals surface area contributed by atoms with Crippen LogP contribution < -0.4 is 5.32 Å². The molecule has 0 spiro atoms. The first-order chi connectivity index (χ1) is 6.75. The molecule has 0 saturated carbocycles. The zero-order valence-corrected chi connectivity index (χ0v) is 11.1. The molecule has 0 fully saturated rings. The second-order valence-electron chi connectivity index (χ2n) is 3.24. The summed E-state index contributed by atoms with van der Waals surface area (Å²) in [6.45, 7) is 3.99. The van der Waals surface area contributed by atoms with Crippen molar-refractivity contribution in [1.82, 2.24) is 5.32 Å². The molecule has 4 heteroatoms. The van der Waals surface area contributed by atoms with Crippen molar-refractivity contribution in [3.8, 4) is 0 Å². The molecule has 0 heterocycles. The van der Waals surface area contributed by atoms with Gasteiger partial charge in [-0.05, 0) is 24.6 Å². The van der Waals surface area contributed by atoms with Crippen molar-refractivity contribution in [2.24, 2.45) is 0 Å². The number of unbranched alkanes of at least 4 members (excludes halogenated alkanes) is 1. The van der Waals surface area contributed by atoms with Crippen molar-refractivity contribution in [2.75, 3.05) is 6.54 Å². The van der Waals surface area contributed by atoms with Crippen molar-refractivity contribution in [3.63, 3.8) is 0 Å². The third-order valence-electron chi connectivity index (χ3n) is 2.05. The van der Waals surface area contributed by atoms with Crippen molar-refractivity contribution >= 4 is 35.6 Å². The van der Waals surface area contributed by atoms with Gasteiger partial charge in [-0.2, -0.15) is 0 Å². The molecule has 1 nitrogen and oxygen atoms in total. The van der Waals surface area contributed by atoms with Gasteiger partial charge < -0.3 is 5.32 Å². The van der Waals surface area contributed by atoms with Crippen LogP contribution >= 0.6 is 35.6 Å². The summed E-state index contributed by atoms with van der Waals surface area (Å²) in [5.41, 5.74) is 1.07. The molecule has 0 radical (unpaired) electrons. The van der Waals surface area contributed by atoms with Gasteiger partial charge in [0.2, 0.25) is 0 Å². The molecular weight excluding hydrogens is 252 g/mol. The van der Waals surface area contributed by atoms with E-state index < -0.39 is 0 Å². The van der Waals surface area contributed by atoms with Gasteiger partial charge in [0.1, 0.15) is 0 Å². The molecule has 0 unspecified atom stereocenters. The first-order valence-electron chi connectivity index (χ1n) is 4.89. The largest absolute Gasteiger partial charge is 0.313 e. The summed E-state index contributed by atoms with van der Waals surface area (Å²) in [5, 5.41) is 4.62. The fraction of sp³-hybridized carbons (Fsp3) is 0.455. The highest BCUT2D eigenvalue weighted by Crippen LogP contribution is 2.25. The van der Waals surface area contributed by atoms with Crippen molar-refractivity contribution in [2.45, 2.75) is 26.3 Å². The maximum atomic E-state index is 6.03. The molecule has 86 valence electrons. The average Bonchev–Trinajstić information content (AvgIpc) is 2.19. The predicted molar refractivity (Wildman–Crippen MR) is 70.3 cm³/mol. The summed E-state index contributed by atoms with van der Waals surface area (Å²) in [7, 11) is 0. The highest BCUT2D eigenvalue weighted by Gasteiger charge is 2.02. The van der Waals surface area contributed by atoms with E-state index in [0.29, 0.717) is 10.0 Å². The fourth-order valence-corrected chi connectivity index (χ4v) is 1.60. The van der Waals surface area contributed by atoms with E-state index in [4.69, 9.17) is 23.2 Å². The molecule has 15 heavy (non-hydrogen) atoms. The third kappa shape index (κ3) is 5.07. The number of hydrogen-bond acceptors (Lipinski definition) is 1. The van der Waals surface area contributed by atoms with Crippen LogP contribution in [0.2, 0.25) is 10.0 Å². The van der Waals surface area contributed by atoms with Gasteiger partial charge in [-0.1, -0.05) is 48.7 Å². The first-order valence-corrected chi connectivity index (χ1v) is 5.65. The summed E-state index contributed by atoms with van der Waals surface area (Å²) in [4.78, 5) is 0. The average molecular weight is 269 g/mol. The number of benzene rings is 1. The quantitative estimate of drug-likeness (QED) is 0.785. The zero-order chi connectivity index (χ0) is 10.4. The summed E-state index contributed by atoms with van der Waals surface area (Å²) in [5.74, 6) is 0. The Bertz CT molecular complexity index is 289. The Morgan fingerprint density at radius 1 is 1.27 bits per heavy atom. The number of hydrogen-bond donors (Lipinski definition) is 1. The molecule has 0 aliphatic heterocycles. The van der Waals surface area contributed by atoms with E-state index >= 15 is 0 Å². The topological polar surface area (TPSA) is 12.0 Å². The van der Waals surface area contributed by atoms with Crippen LogP contribution in [0.1, 0.15) is 25.3 Å². The molecular formula is C11H16Cl3N. The Morgan fingerprint density at radius 2 is 2.00 bits per heavy atom. The van der Waals surface area contributed by atoms with Crippen LogP contribution in [0.25, 0.3) is 0 Å². The summed E-state index contributed by atoms with van der Waals surface area (Å²) >= 11 is 11.9. The molecule has 0 bridgehead atoms. The highest BCUT2D eigenvalue weighted by molar-refractivity contribution is 6.42. The number of nitrogens with one attached hydrogen (secondary N) is 1. The summed E-state index contributed by atoms with van der Waals surface area (Å²) in [6.07, 6.45) is 2.40. The van der Waals surface area contributed by atoms with E-state index in [-0.39, 0.29) is 12.4 Å². The maximum Gasteiger partial charge on any atom is 0.0637 e. The fourth-order valence-electron chi connectivity index (χ4n) is 1.21. The zero-order valence-electron chi connectivity index (χ0n) is 8.72. The van der Waals surface area contributed by atoms with E-state index in [1.54, 1.807) is 6.07 Å². The Kier molecular flexibility index (Phi) is 8.26. The van der Waals surface area contributed by atoms with Crippen molar-refractivity contribution in [1.29, 1.82) is 0 Å². The standard InChI is InChI=1S/C11H15Cl2N.ClH/c1-2-3-7-14-8-9-5-4-6-10(12)11(9)13;/h4-6,14H,2-3,7-8H2,1H3;1H. The summed E-state index contributed by atoms with van der Waals surface area (Å²) < 4.78 is 0. The molecule has 1 aromatic rings. The highest BCUT2D eigenvalue weighted by atomic mass is 35.5. The van der Waals surface area contributed by atoms with Gasteiger partial charge in [-0.15, -0.1) is 12.4 Å². The van der Waals surface area contributed by atoms with Crippen molar-refractivity contribution < 1.29 is 0 Å². The number of rotatable bonds is 5. The van der Waals surface area contributed by atoms with Gasteiger partial charge >= 0.3 is 0 Å². The molecule has 0 aromatic heterocycles. The van der Waals surface area contributed by atoms with Gasteiger partial charge in [0.25, 0.3) is 0 Å². The lowest BCUT2D eigenvalue weighted by Gasteiger charge is -2.06. The van der Waals surface area contributed by atoms with Crippen LogP contribution in [0.15, 0.2) is 18.2 Å². The number of halogens is 3. The van der Waals surface area contributed by atoms with Crippen LogP contribution in [0.5, 0.6) is 0 Å². The Morgan fingerprint density at radius 3 is 2.67 bits per heavy atom. The van der Waals surface area contributed by atoms with E-state index in [2.05, 4.69) is 12.2 Å². The SMILES string of the molecule is CCCCNCc1cccc(Cl)c1Cl.Cl. The van der Waals surface area contributed by atoms with E-state index in [9.17, 15) is 0 Å². The minimum Gasteiger partial charge on any atom is -0.313 e. The maximum absolute atomic E-state index is 6.03. The van der Waals surface area contributed by atoms with Gasteiger partial charge in [-0.25, -0.2) is 0 Å². The van der Waals surface area contributed by atoms with Crippen LogP contribution in [0.4, 0.5) is 0 Å². The van der Waals surface area contributed by atoms with Crippen LogP contribution in [-0.4, -0.2) is 6.54 Å². The molecule has 1 rings (SSSR count). The van der Waals surface area contributed by atoms with Gasteiger partial charge in [0.05, 0.1) is 10.0 Å². The lowest BCUT2D eigenvalue weighted by Crippen LogP contribution is -2.14. The Labute approximate surface area is 108 Å². The lowest BCUT2D eigenvalue weighted by molar-refractivity contribution is 0.641. The van der Waals surface area contributed by atoms with Crippen LogP contribution in [-0.2, 0) is 6.54 Å². The molecule has 0 atom stereocenters. The second-order valence-corrected chi connectivity index (χ2v) is 4.03. The molecule has 0 aliphatic rings. The normalized spacial score (nSPS) is 9.80. The van der Waals surface area contributed by atoms with Gasteiger partial charge in [-0.3, -0.25) is 0 Å². The Hall–Kier alpha value is 0.0500. The monoisotopic (exact) mass is 267 g/mol. The summed E-state index contributed by atoms with van der Waals surface area (Å²) in [6, 6.07) is 5.72. The minimum atomic E-state index is 0. The molecule has 1 N–H and O–H groups in total. The molecule has 0 saturated heterocycles. The first kappa shape index (κ1) is 15.0. The molecule has 0 amide bonds.